The van der Waals surface area contributed by atoms with Crippen molar-refractivity contribution >= 4 is 35.1 Å². The maximum Gasteiger partial charge on any atom is 0.306 e. The van der Waals surface area contributed by atoms with Crippen molar-refractivity contribution in [3.05, 3.63) is 23.8 Å². The number of fused-ring (bicyclic) bond motifs is 5. The number of allylic oxidation sites excluding steroid dienone is 4. The number of halogens is 1. The Morgan fingerprint density at radius 1 is 1.14 bits per heavy atom. The minimum Gasteiger partial charge on any atom is -0.457 e. The van der Waals surface area contributed by atoms with Crippen molar-refractivity contribution in [3.8, 4) is 0 Å². The predicted molar refractivity (Wildman–Crippen MR) is 133 cm³/mol. The first kappa shape index (κ1) is 27.1. The van der Waals surface area contributed by atoms with Gasteiger partial charge in [0, 0.05) is 29.6 Å². The lowest BCUT2D eigenvalue weighted by atomic mass is 9.45. The number of ether oxygens (including phenoxy) is 2. The van der Waals surface area contributed by atoms with Crippen molar-refractivity contribution in [3.63, 3.8) is 0 Å². The molecular weight excluding hydrogens is 484 g/mol. The van der Waals surface area contributed by atoms with Crippen LogP contribution in [-0.2, 0) is 28.7 Å². The number of hydrogen-bond donors (Lipinski definition) is 1. The smallest absolute Gasteiger partial charge is 0.306 e. The Bertz CT molecular complexity index is 1050. The zero-order valence-corrected chi connectivity index (χ0v) is 22.5. The molecule has 4 rings (SSSR count). The molecule has 0 unspecified atom stereocenters. The summed E-state index contributed by atoms with van der Waals surface area (Å²) in [6.07, 6.45) is 6.18. The van der Waals surface area contributed by atoms with Crippen LogP contribution in [0.25, 0.3) is 0 Å². The molecule has 0 aromatic rings. The maximum absolute atomic E-state index is 13.9. The summed E-state index contributed by atoms with van der Waals surface area (Å²) < 4.78 is 11.3. The second kappa shape index (κ2) is 9.09. The zero-order chi connectivity index (χ0) is 26.7. The van der Waals surface area contributed by atoms with Gasteiger partial charge in [0.05, 0.1) is 11.0 Å². The molecule has 198 valence electrons. The average Bonchev–Trinajstić information content (AvgIpc) is 3.05. The van der Waals surface area contributed by atoms with Gasteiger partial charge in [0.2, 0.25) is 5.78 Å². The summed E-state index contributed by atoms with van der Waals surface area (Å²) in [5.74, 6) is -2.24. The molecule has 8 heteroatoms. The lowest BCUT2D eigenvalue weighted by Gasteiger charge is -2.64. The minimum absolute atomic E-state index is 0.0801. The van der Waals surface area contributed by atoms with E-state index < -0.39 is 51.7 Å². The number of esters is 2. The first-order valence-corrected chi connectivity index (χ1v) is 13.4. The molecule has 0 saturated heterocycles. The van der Waals surface area contributed by atoms with E-state index in [9.17, 15) is 24.3 Å². The van der Waals surface area contributed by atoms with Crippen LogP contribution in [0, 0.1) is 28.6 Å². The Balaban J connectivity index is 1.80. The number of carbonyl (C=O) groups is 4. The van der Waals surface area contributed by atoms with Crippen molar-refractivity contribution in [2.45, 2.75) is 89.7 Å². The summed E-state index contributed by atoms with van der Waals surface area (Å²) in [5, 5.41) is 11.8. The molecule has 36 heavy (non-hydrogen) atoms. The van der Waals surface area contributed by atoms with E-state index >= 15 is 0 Å². The van der Waals surface area contributed by atoms with Gasteiger partial charge in [-0.15, -0.1) is 11.6 Å². The monoisotopic (exact) mass is 520 g/mol. The molecule has 8 atom stereocenters. The lowest BCUT2D eigenvalue weighted by molar-refractivity contribution is -0.203. The molecular formula is C28H37ClO7. The van der Waals surface area contributed by atoms with Gasteiger partial charge in [-0.1, -0.05) is 46.3 Å². The molecule has 0 heterocycles. The molecule has 7 nitrogen and oxygen atoms in total. The summed E-state index contributed by atoms with van der Waals surface area (Å²) in [4.78, 5) is 49.5. The number of alkyl halides is 1. The highest BCUT2D eigenvalue weighted by Gasteiger charge is 2.76. The van der Waals surface area contributed by atoms with Crippen LogP contribution >= 0.6 is 11.6 Å². The fraction of sp³-hybridized carbons (Fsp3) is 0.714. The van der Waals surface area contributed by atoms with E-state index in [0.717, 1.165) is 5.57 Å². The van der Waals surface area contributed by atoms with Crippen LogP contribution in [0.15, 0.2) is 23.8 Å². The molecule has 0 amide bonds. The first-order chi connectivity index (χ1) is 16.8. The summed E-state index contributed by atoms with van der Waals surface area (Å²) in [6.45, 7) is 8.61. The lowest BCUT2D eigenvalue weighted by Crippen LogP contribution is -2.69. The van der Waals surface area contributed by atoms with Gasteiger partial charge in [0.15, 0.2) is 18.0 Å². The first-order valence-electron chi connectivity index (χ1n) is 13.0. The Morgan fingerprint density at radius 3 is 2.44 bits per heavy atom. The number of Topliss-reactive ketones (excluding diaryl/α,β-unsaturated/α-hetero) is 1. The summed E-state index contributed by atoms with van der Waals surface area (Å²) >= 11 is 7.48. The number of aliphatic hydroxyl groups excluding tert-OH is 1. The van der Waals surface area contributed by atoms with E-state index in [2.05, 4.69) is 0 Å². The van der Waals surface area contributed by atoms with Crippen molar-refractivity contribution in [2.24, 2.45) is 28.6 Å². The number of aliphatic hydroxyl groups is 1. The van der Waals surface area contributed by atoms with Crippen LogP contribution in [0.1, 0.15) is 73.1 Å². The standard InChI is InChI=1S/C28H37ClO7/c1-6-23(33)35-15-22(32)28(36-24(34)7-2)16(3)12-20-19-9-8-17-13-18(30)10-11-25(17,4)27(19,29)21(31)14-26(20,28)5/h10-11,13,16,19-21,31H,6-9,12,14-15H2,1-5H3/t16-,19+,20-,21-,25-,26-,27+,28-/m0/s1. The zero-order valence-electron chi connectivity index (χ0n) is 21.8. The Kier molecular flexibility index (Phi) is 6.83. The van der Waals surface area contributed by atoms with Gasteiger partial charge in [-0.25, -0.2) is 0 Å². The van der Waals surface area contributed by atoms with Crippen LogP contribution in [0.5, 0.6) is 0 Å². The Hall–Kier alpha value is -1.99. The third-order valence-corrected chi connectivity index (χ3v) is 10.7. The summed E-state index contributed by atoms with van der Waals surface area (Å²) in [7, 11) is 0. The van der Waals surface area contributed by atoms with E-state index in [1.165, 1.54) is 6.08 Å². The fourth-order valence-corrected chi connectivity index (χ4v) is 8.53. The Labute approximate surface area is 217 Å². The Morgan fingerprint density at radius 2 is 1.81 bits per heavy atom. The van der Waals surface area contributed by atoms with E-state index in [1.807, 2.05) is 26.8 Å². The summed E-state index contributed by atoms with van der Waals surface area (Å²) in [6, 6.07) is 0. The quantitative estimate of drug-likeness (QED) is 0.415. The van der Waals surface area contributed by atoms with Gasteiger partial charge in [-0.2, -0.15) is 0 Å². The molecule has 0 bridgehead atoms. The van der Waals surface area contributed by atoms with Crippen molar-refractivity contribution in [1.82, 2.24) is 0 Å². The van der Waals surface area contributed by atoms with Crippen LogP contribution in [0.2, 0.25) is 0 Å². The normalized spacial score (nSPS) is 43.1. The van der Waals surface area contributed by atoms with Crippen LogP contribution < -0.4 is 0 Å². The number of rotatable bonds is 6. The second-order valence-electron chi connectivity index (χ2n) is 11.4. The minimum atomic E-state index is -1.55. The molecule has 0 aromatic carbocycles. The van der Waals surface area contributed by atoms with Crippen molar-refractivity contribution in [1.29, 1.82) is 0 Å². The van der Waals surface area contributed by atoms with Gasteiger partial charge >= 0.3 is 11.9 Å². The van der Waals surface area contributed by atoms with Crippen LogP contribution in [0.4, 0.5) is 0 Å². The molecule has 0 spiro atoms. The average molecular weight is 521 g/mol. The largest absolute Gasteiger partial charge is 0.457 e. The highest BCUT2D eigenvalue weighted by atomic mass is 35.5. The van der Waals surface area contributed by atoms with Gasteiger partial charge < -0.3 is 14.6 Å². The molecule has 0 aliphatic heterocycles. The molecule has 3 fully saturated rings. The van der Waals surface area contributed by atoms with E-state index in [4.69, 9.17) is 21.1 Å². The van der Waals surface area contributed by atoms with E-state index in [-0.39, 0.29) is 42.8 Å². The van der Waals surface area contributed by atoms with Gasteiger partial charge in [0.25, 0.3) is 0 Å². The van der Waals surface area contributed by atoms with Crippen LogP contribution in [-0.4, -0.2) is 51.8 Å². The van der Waals surface area contributed by atoms with Gasteiger partial charge in [-0.05, 0) is 49.7 Å². The number of ketones is 2. The number of hydrogen-bond acceptors (Lipinski definition) is 7. The third-order valence-electron chi connectivity index (χ3n) is 9.81. The topological polar surface area (TPSA) is 107 Å². The van der Waals surface area contributed by atoms with E-state index in [1.54, 1.807) is 19.9 Å². The second-order valence-corrected chi connectivity index (χ2v) is 12.0. The molecule has 0 radical (unpaired) electrons. The van der Waals surface area contributed by atoms with Crippen LogP contribution in [0.3, 0.4) is 0 Å². The third kappa shape index (κ3) is 3.48. The molecule has 4 aliphatic carbocycles. The molecule has 0 aromatic heterocycles. The van der Waals surface area contributed by atoms with Gasteiger partial charge in [0.1, 0.15) is 0 Å². The highest BCUT2D eigenvalue weighted by molar-refractivity contribution is 6.26. The molecule has 1 N–H and O–H groups in total. The predicted octanol–water partition coefficient (Wildman–Crippen LogP) is 4.09. The van der Waals surface area contributed by atoms with Crippen molar-refractivity contribution in [2.75, 3.05) is 6.61 Å². The fourth-order valence-electron chi connectivity index (χ4n) is 8.01. The molecule has 3 saturated carbocycles. The summed E-state index contributed by atoms with van der Waals surface area (Å²) in [5.41, 5.74) is -2.27. The molecule has 4 aliphatic rings. The van der Waals surface area contributed by atoms with E-state index in [0.29, 0.717) is 19.3 Å². The van der Waals surface area contributed by atoms with Crippen molar-refractivity contribution < 1.29 is 33.8 Å². The highest BCUT2D eigenvalue weighted by Crippen LogP contribution is 2.72. The number of carbonyl (C=O) groups excluding carboxylic acids is 4. The van der Waals surface area contributed by atoms with Gasteiger partial charge in [-0.3, -0.25) is 19.2 Å². The maximum atomic E-state index is 13.9. The SMILES string of the molecule is CCC(=O)OCC(=O)[C@@]1(OC(=O)CC)[C@@H](C)C[C@H]2[C@H]3CCC4=CC(=O)C=C[C@]4(C)[C@]3(Cl)[C@@H](O)C[C@@]21C.